The quantitative estimate of drug-likeness (QED) is 0.0877. The van der Waals surface area contributed by atoms with Crippen LogP contribution in [-0.2, 0) is 41.4 Å². The van der Waals surface area contributed by atoms with Crippen LogP contribution in [0.15, 0.2) is 12.7 Å². The topological polar surface area (TPSA) is 310 Å². The molecule has 0 bridgehead atoms. The van der Waals surface area contributed by atoms with Crippen molar-refractivity contribution in [3.8, 4) is 0 Å². The van der Waals surface area contributed by atoms with E-state index in [1.807, 2.05) is 0 Å². The molecule has 2 fully saturated rings. The number of aliphatic hydroxyl groups is 5. The third-order valence-corrected chi connectivity index (χ3v) is 9.62. The molecule has 2 aliphatic heterocycles. The first-order valence-electron chi connectivity index (χ1n) is 13.4. The zero-order valence-electron chi connectivity index (χ0n) is 24.2. The molecule has 11 atom stereocenters. The zero-order chi connectivity index (χ0) is 33.3. The monoisotopic (exact) mass is 689 g/mol. The number of nitrogen functional groups attached to an aromatic ring is 1. The van der Waals surface area contributed by atoms with Crippen LogP contribution in [0.3, 0.4) is 0 Å². The molecule has 256 valence electrons. The summed E-state index contributed by atoms with van der Waals surface area (Å²) in [4.78, 5) is 32.4. The van der Waals surface area contributed by atoms with Gasteiger partial charge in [0.05, 0.1) is 32.3 Å². The van der Waals surface area contributed by atoms with Crippen LogP contribution in [0.5, 0.6) is 0 Å². The lowest BCUT2D eigenvalue weighted by Gasteiger charge is -2.30. The van der Waals surface area contributed by atoms with Gasteiger partial charge in [-0.2, -0.15) is 4.31 Å². The summed E-state index contributed by atoms with van der Waals surface area (Å²) in [6.07, 6.45) is -10.1. The van der Waals surface area contributed by atoms with E-state index in [-0.39, 0.29) is 5.82 Å². The number of hydrogen-bond donors (Lipinski definition) is 8. The van der Waals surface area contributed by atoms with Crippen molar-refractivity contribution < 1.29 is 76.8 Å². The molecule has 23 heteroatoms. The van der Waals surface area contributed by atoms with Crippen LogP contribution in [0.2, 0.25) is 0 Å². The van der Waals surface area contributed by atoms with E-state index in [1.165, 1.54) is 17.2 Å². The van der Waals surface area contributed by atoms with Gasteiger partial charge < -0.3 is 60.0 Å². The molecule has 2 aromatic rings. The van der Waals surface area contributed by atoms with Crippen molar-refractivity contribution in [2.45, 2.75) is 81.1 Å². The van der Waals surface area contributed by atoms with E-state index in [2.05, 4.69) is 23.8 Å². The van der Waals surface area contributed by atoms with Crippen molar-refractivity contribution in [2.24, 2.45) is 0 Å². The number of aromatic nitrogens is 4. The highest BCUT2D eigenvalue weighted by molar-refractivity contribution is 7.61. The standard InChI is InChI=1S/C22H37N5O16P2/c1-22(2)41-17-12(40-21(18(17)42-22)27-9-26-13-19(23)24-8-25-20(13)27)7-39-45(35,36)43-44(33,34)38-5-4-10(29)14(31)15(32)16(37-3)11(30)6-28/h8-12,14-18,21,28-32H,4-7H2,1-3H3,(H,33,34)(H,35,36)(H2,23,24,25)/t10-,11+,12?,14?,15?,16?,17?,18?,21?/m0/s1. The first-order valence-corrected chi connectivity index (χ1v) is 16.4. The SMILES string of the molecule is COC(C(O)C(O)[C@@H](O)CCOP(=O)(O)OP(=O)(O)OCC1OC(n2cnc3c(N)ncnc32)C2OC(C)(C)OC12)[C@H](O)CO. The second kappa shape index (κ2) is 14.2. The summed E-state index contributed by atoms with van der Waals surface area (Å²) in [5, 5.41) is 49.0. The van der Waals surface area contributed by atoms with E-state index in [9.17, 15) is 39.3 Å². The van der Waals surface area contributed by atoms with Crippen LogP contribution in [0.4, 0.5) is 5.82 Å². The average molecular weight is 690 g/mol. The summed E-state index contributed by atoms with van der Waals surface area (Å²) in [5.41, 5.74) is 6.50. The molecular weight excluding hydrogens is 652 g/mol. The van der Waals surface area contributed by atoms with Crippen molar-refractivity contribution >= 4 is 32.6 Å². The first-order chi connectivity index (χ1) is 21.0. The maximum Gasteiger partial charge on any atom is 0.481 e. The summed E-state index contributed by atoms with van der Waals surface area (Å²) in [5.74, 6) is -0.947. The molecule has 2 aromatic heterocycles. The van der Waals surface area contributed by atoms with Gasteiger partial charge in [-0.1, -0.05) is 0 Å². The summed E-state index contributed by atoms with van der Waals surface area (Å²) in [6, 6.07) is 0. The Morgan fingerprint density at radius 3 is 2.36 bits per heavy atom. The number of ether oxygens (including phenoxy) is 4. The fraction of sp³-hybridized carbons (Fsp3) is 0.773. The largest absolute Gasteiger partial charge is 0.481 e. The fourth-order valence-corrected chi connectivity index (χ4v) is 7.02. The number of rotatable bonds is 16. The van der Waals surface area contributed by atoms with Gasteiger partial charge in [0.2, 0.25) is 0 Å². The maximum atomic E-state index is 12.6. The third kappa shape index (κ3) is 8.40. The van der Waals surface area contributed by atoms with Gasteiger partial charge in [-0.15, -0.1) is 0 Å². The summed E-state index contributed by atoms with van der Waals surface area (Å²) in [6.45, 7) is 1.02. The van der Waals surface area contributed by atoms with E-state index in [0.717, 1.165) is 7.11 Å². The minimum atomic E-state index is -5.28. The maximum absolute atomic E-state index is 12.6. The number of hydrogen-bond acceptors (Lipinski definition) is 18. The molecule has 0 aliphatic carbocycles. The molecule has 2 saturated heterocycles. The lowest BCUT2D eigenvalue weighted by Crippen LogP contribution is -2.51. The number of nitrogens with two attached hydrogens (primary N) is 1. The van der Waals surface area contributed by atoms with Gasteiger partial charge >= 0.3 is 15.6 Å². The normalized spacial score (nSPS) is 29.0. The minimum absolute atomic E-state index is 0.131. The Balaban J connectivity index is 1.33. The van der Waals surface area contributed by atoms with E-state index in [4.69, 9.17) is 34.3 Å². The summed E-state index contributed by atoms with van der Waals surface area (Å²) in [7, 11) is -9.48. The number of phosphoric ester groups is 2. The van der Waals surface area contributed by atoms with Gasteiger partial charge in [0.1, 0.15) is 54.6 Å². The van der Waals surface area contributed by atoms with Gasteiger partial charge in [-0.05, 0) is 20.3 Å². The number of nitrogens with zero attached hydrogens (tertiary/aromatic N) is 4. The van der Waals surface area contributed by atoms with Crippen LogP contribution in [-0.4, -0.2) is 136 Å². The second-order valence-corrected chi connectivity index (χ2v) is 13.7. The average Bonchev–Trinajstić information content (AvgIpc) is 3.62. The van der Waals surface area contributed by atoms with E-state index in [1.54, 1.807) is 13.8 Å². The van der Waals surface area contributed by atoms with Gasteiger partial charge in [0.25, 0.3) is 0 Å². The third-order valence-electron chi connectivity index (χ3n) is 6.98. The van der Waals surface area contributed by atoms with E-state index in [0.29, 0.717) is 11.2 Å². The Kier molecular flexibility index (Phi) is 11.4. The summed E-state index contributed by atoms with van der Waals surface area (Å²) < 4.78 is 63.0. The predicted octanol–water partition coefficient (Wildman–Crippen LogP) is -2.08. The van der Waals surface area contributed by atoms with Crippen LogP contribution in [0.25, 0.3) is 11.2 Å². The van der Waals surface area contributed by atoms with E-state index < -0.39 is 103 Å². The van der Waals surface area contributed by atoms with Gasteiger partial charge in [0.15, 0.2) is 23.5 Å². The molecule has 0 saturated carbocycles. The highest BCUT2D eigenvalue weighted by Crippen LogP contribution is 2.61. The Morgan fingerprint density at radius 2 is 1.69 bits per heavy atom. The van der Waals surface area contributed by atoms with Gasteiger partial charge in [-0.25, -0.2) is 24.1 Å². The zero-order valence-corrected chi connectivity index (χ0v) is 26.0. The number of phosphoric acid groups is 2. The highest BCUT2D eigenvalue weighted by Gasteiger charge is 2.56. The lowest BCUT2D eigenvalue weighted by molar-refractivity contribution is -0.199. The molecule has 45 heavy (non-hydrogen) atoms. The molecular formula is C22H37N5O16P2. The Bertz CT molecular complexity index is 1400. The van der Waals surface area contributed by atoms with Crippen molar-refractivity contribution in [1.29, 1.82) is 0 Å². The molecule has 4 rings (SSSR count). The highest BCUT2D eigenvalue weighted by atomic mass is 31.3. The number of methoxy groups -OCH3 is 1. The van der Waals surface area contributed by atoms with Crippen molar-refractivity contribution in [1.82, 2.24) is 19.5 Å². The lowest BCUT2D eigenvalue weighted by atomic mass is 9.98. The number of aliphatic hydroxyl groups excluding tert-OH is 5. The fourth-order valence-electron chi connectivity index (χ4n) is 4.93. The molecule has 0 aromatic carbocycles. The Hall–Kier alpha value is -1.75. The van der Waals surface area contributed by atoms with Crippen molar-refractivity contribution in [3.05, 3.63) is 12.7 Å². The molecule has 0 amide bonds. The molecule has 0 spiro atoms. The van der Waals surface area contributed by atoms with Crippen LogP contribution in [0, 0.1) is 0 Å². The van der Waals surface area contributed by atoms with Crippen molar-refractivity contribution in [3.63, 3.8) is 0 Å². The summed E-state index contributed by atoms with van der Waals surface area (Å²) >= 11 is 0. The van der Waals surface area contributed by atoms with Gasteiger partial charge in [-0.3, -0.25) is 13.6 Å². The van der Waals surface area contributed by atoms with Crippen LogP contribution in [0.1, 0.15) is 26.5 Å². The van der Waals surface area contributed by atoms with Crippen molar-refractivity contribution in [2.75, 3.05) is 32.7 Å². The molecule has 4 heterocycles. The second-order valence-electron chi connectivity index (χ2n) is 10.6. The Labute approximate surface area is 255 Å². The molecule has 9 N–H and O–H groups in total. The molecule has 2 aliphatic rings. The van der Waals surface area contributed by atoms with Crippen LogP contribution < -0.4 is 5.73 Å². The first kappa shape index (κ1) is 36.1. The van der Waals surface area contributed by atoms with Gasteiger partial charge in [0, 0.05) is 7.11 Å². The predicted molar refractivity (Wildman–Crippen MR) is 147 cm³/mol. The molecule has 0 radical (unpaired) electrons. The minimum Gasteiger partial charge on any atom is -0.394 e. The number of anilines is 1. The number of imidazole rings is 1. The molecule has 21 nitrogen and oxygen atoms in total. The van der Waals surface area contributed by atoms with E-state index >= 15 is 0 Å². The Morgan fingerprint density at radius 1 is 1.02 bits per heavy atom. The van der Waals surface area contributed by atoms with Crippen LogP contribution >= 0.6 is 15.6 Å². The number of fused-ring (bicyclic) bond motifs is 2. The molecule has 9 unspecified atom stereocenters. The smallest absolute Gasteiger partial charge is 0.394 e.